The van der Waals surface area contributed by atoms with Gasteiger partial charge in [0, 0.05) is 9.26 Å². The van der Waals surface area contributed by atoms with Crippen LogP contribution in [0, 0.1) is 3.57 Å². The summed E-state index contributed by atoms with van der Waals surface area (Å²) in [5.41, 5.74) is 0.848. The van der Waals surface area contributed by atoms with E-state index < -0.39 is 18.5 Å². The second-order valence-electron chi connectivity index (χ2n) is 5.33. The molecule has 1 amide bonds. The van der Waals surface area contributed by atoms with Gasteiger partial charge < -0.3 is 24.3 Å². The van der Waals surface area contributed by atoms with E-state index in [2.05, 4.69) is 27.9 Å². The lowest BCUT2D eigenvalue weighted by Crippen LogP contribution is -2.21. The molecule has 136 valence electrons. The fourth-order valence-corrected chi connectivity index (χ4v) is 2.70. The van der Waals surface area contributed by atoms with Gasteiger partial charge in [0.05, 0.1) is 12.7 Å². The molecule has 0 atom stereocenters. The third kappa shape index (κ3) is 4.37. The Bertz CT molecular complexity index is 804. The number of halogens is 1. The number of carbonyl (C=O) groups excluding carboxylic acids is 2. The molecule has 3 rings (SSSR count). The normalized spacial score (nSPS) is 12.2. The fraction of sp³-hybridized carbons (Fsp3) is 0.222. The first-order chi connectivity index (χ1) is 12.6. The number of fused-ring (bicyclic) bond motifs is 1. The molecule has 2 aromatic rings. The summed E-state index contributed by atoms with van der Waals surface area (Å²) in [4.78, 5) is 24.2. The van der Waals surface area contributed by atoms with E-state index in [1.807, 2.05) is 12.1 Å². The average molecular weight is 469 g/mol. The van der Waals surface area contributed by atoms with E-state index in [1.54, 1.807) is 12.1 Å². The molecule has 7 nitrogen and oxygen atoms in total. The van der Waals surface area contributed by atoms with E-state index >= 15 is 0 Å². The van der Waals surface area contributed by atoms with Crippen LogP contribution in [0.2, 0.25) is 0 Å². The van der Waals surface area contributed by atoms with Crippen molar-refractivity contribution in [2.75, 3.05) is 32.2 Å². The van der Waals surface area contributed by atoms with Gasteiger partial charge >= 0.3 is 5.97 Å². The zero-order valence-corrected chi connectivity index (χ0v) is 16.1. The number of rotatable bonds is 5. The number of methoxy groups -OCH3 is 1. The highest BCUT2D eigenvalue weighted by Gasteiger charge is 2.22. The van der Waals surface area contributed by atoms with E-state index in [9.17, 15) is 9.59 Å². The smallest absolute Gasteiger partial charge is 0.338 e. The number of nitrogens with one attached hydrogen (secondary N) is 1. The molecule has 0 saturated heterocycles. The largest absolute Gasteiger partial charge is 0.493 e. The maximum absolute atomic E-state index is 12.2. The van der Waals surface area contributed by atoms with Crippen molar-refractivity contribution in [2.45, 2.75) is 0 Å². The van der Waals surface area contributed by atoms with Crippen molar-refractivity contribution in [1.82, 2.24) is 0 Å². The van der Waals surface area contributed by atoms with E-state index in [-0.39, 0.29) is 5.56 Å². The number of benzene rings is 2. The standard InChI is InChI=1S/C18H16INO6/c1-23-14-8-11(9-15-17(14)25-7-6-24-15)18(22)26-10-16(21)20-13-4-2-12(19)3-5-13/h2-5,8-9H,6-7,10H2,1H3,(H,20,21). The van der Waals surface area contributed by atoms with Crippen LogP contribution >= 0.6 is 22.6 Å². The Kier molecular flexibility index (Phi) is 5.82. The molecule has 0 aromatic heterocycles. The molecule has 1 N–H and O–H groups in total. The molecule has 2 aromatic carbocycles. The van der Waals surface area contributed by atoms with Crippen LogP contribution in [0.15, 0.2) is 36.4 Å². The topological polar surface area (TPSA) is 83.1 Å². The van der Waals surface area contributed by atoms with Crippen LogP contribution in [0.3, 0.4) is 0 Å². The first kappa shape index (κ1) is 18.3. The lowest BCUT2D eigenvalue weighted by atomic mass is 10.1. The molecule has 0 fully saturated rings. The molecule has 1 aliphatic heterocycles. The van der Waals surface area contributed by atoms with Gasteiger partial charge in [-0.2, -0.15) is 0 Å². The van der Waals surface area contributed by atoms with Crippen LogP contribution < -0.4 is 19.5 Å². The van der Waals surface area contributed by atoms with Crippen LogP contribution in [0.25, 0.3) is 0 Å². The molecule has 0 unspecified atom stereocenters. The van der Waals surface area contributed by atoms with E-state index in [1.165, 1.54) is 19.2 Å². The molecule has 1 heterocycles. The van der Waals surface area contributed by atoms with Gasteiger partial charge in [0.15, 0.2) is 18.1 Å². The van der Waals surface area contributed by atoms with Crippen molar-refractivity contribution in [3.8, 4) is 17.2 Å². The molecule has 8 heteroatoms. The van der Waals surface area contributed by atoms with Gasteiger partial charge in [-0.25, -0.2) is 4.79 Å². The average Bonchev–Trinajstić information content (AvgIpc) is 2.67. The van der Waals surface area contributed by atoms with Gasteiger partial charge in [0.2, 0.25) is 5.75 Å². The first-order valence-corrected chi connectivity index (χ1v) is 8.85. The highest BCUT2D eigenvalue weighted by atomic mass is 127. The van der Waals surface area contributed by atoms with Crippen LogP contribution in [-0.2, 0) is 9.53 Å². The summed E-state index contributed by atoms with van der Waals surface area (Å²) >= 11 is 2.17. The fourth-order valence-electron chi connectivity index (χ4n) is 2.34. The summed E-state index contributed by atoms with van der Waals surface area (Å²) in [5.74, 6) is 0.150. The molecule has 0 aliphatic carbocycles. The van der Waals surface area contributed by atoms with Gasteiger partial charge in [0.1, 0.15) is 13.2 Å². The van der Waals surface area contributed by atoms with Crippen LogP contribution in [-0.4, -0.2) is 38.8 Å². The molecule has 0 radical (unpaired) electrons. The van der Waals surface area contributed by atoms with Crippen LogP contribution in [0.5, 0.6) is 17.2 Å². The number of amides is 1. The Morgan fingerprint density at radius 2 is 1.88 bits per heavy atom. The van der Waals surface area contributed by atoms with E-state index in [0.717, 1.165) is 3.57 Å². The minimum atomic E-state index is -0.655. The second-order valence-corrected chi connectivity index (χ2v) is 6.58. The molecule has 0 bridgehead atoms. The monoisotopic (exact) mass is 469 g/mol. The van der Waals surface area contributed by atoms with Crippen molar-refractivity contribution >= 4 is 40.2 Å². The Hall–Kier alpha value is -2.49. The molecule has 0 saturated carbocycles. The predicted molar refractivity (Wildman–Crippen MR) is 102 cm³/mol. The molecule has 1 aliphatic rings. The number of carbonyl (C=O) groups is 2. The quantitative estimate of drug-likeness (QED) is 0.536. The summed E-state index contributed by atoms with van der Waals surface area (Å²) in [6.45, 7) is 0.389. The lowest BCUT2D eigenvalue weighted by molar-refractivity contribution is -0.119. The lowest BCUT2D eigenvalue weighted by Gasteiger charge is -2.21. The maximum atomic E-state index is 12.2. The molecular formula is C18H16INO6. The summed E-state index contributed by atoms with van der Waals surface area (Å²) in [5, 5.41) is 2.66. The number of anilines is 1. The number of hydrogen-bond donors (Lipinski definition) is 1. The van der Waals surface area contributed by atoms with Crippen molar-refractivity contribution in [1.29, 1.82) is 0 Å². The van der Waals surface area contributed by atoms with Crippen molar-refractivity contribution < 1.29 is 28.5 Å². The SMILES string of the molecule is COc1cc(C(=O)OCC(=O)Nc2ccc(I)cc2)cc2c1OCCO2. The Morgan fingerprint density at radius 1 is 1.15 bits per heavy atom. The Morgan fingerprint density at radius 3 is 2.62 bits per heavy atom. The minimum absolute atomic E-state index is 0.216. The number of ether oxygens (including phenoxy) is 4. The van der Waals surface area contributed by atoms with E-state index in [0.29, 0.717) is 36.1 Å². The highest BCUT2D eigenvalue weighted by molar-refractivity contribution is 14.1. The summed E-state index contributed by atoms with van der Waals surface area (Å²) in [6.07, 6.45) is 0. The Balaban J connectivity index is 1.62. The van der Waals surface area contributed by atoms with Gasteiger partial charge in [-0.15, -0.1) is 0 Å². The summed E-state index contributed by atoms with van der Waals surface area (Å²) in [6, 6.07) is 10.3. The minimum Gasteiger partial charge on any atom is -0.493 e. The van der Waals surface area contributed by atoms with Crippen molar-refractivity contribution in [3.05, 3.63) is 45.5 Å². The Labute approximate surface area is 163 Å². The summed E-state index contributed by atoms with van der Waals surface area (Å²) < 4.78 is 22.3. The predicted octanol–water partition coefficient (Wildman–Crippen LogP) is 2.87. The maximum Gasteiger partial charge on any atom is 0.338 e. The van der Waals surface area contributed by atoms with Crippen LogP contribution in [0.1, 0.15) is 10.4 Å². The zero-order valence-electron chi connectivity index (χ0n) is 13.9. The van der Waals surface area contributed by atoms with Gasteiger partial charge in [0.25, 0.3) is 5.91 Å². The van der Waals surface area contributed by atoms with E-state index in [4.69, 9.17) is 18.9 Å². The zero-order chi connectivity index (χ0) is 18.5. The molecule has 0 spiro atoms. The third-order valence-electron chi connectivity index (χ3n) is 3.53. The van der Waals surface area contributed by atoms with Crippen LogP contribution in [0.4, 0.5) is 5.69 Å². The molecular weight excluding hydrogens is 453 g/mol. The second kappa shape index (κ2) is 8.26. The number of hydrogen-bond acceptors (Lipinski definition) is 6. The van der Waals surface area contributed by atoms with Gasteiger partial charge in [-0.1, -0.05) is 0 Å². The van der Waals surface area contributed by atoms with Gasteiger partial charge in [-0.3, -0.25) is 4.79 Å². The summed E-state index contributed by atoms with van der Waals surface area (Å²) in [7, 11) is 1.47. The molecule has 26 heavy (non-hydrogen) atoms. The first-order valence-electron chi connectivity index (χ1n) is 7.77. The van der Waals surface area contributed by atoms with Gasteiger partial charge in [-0.05, 0) is 59.0 Å². The highest BCUT2D eigenvalue weighted by Crippen LogP contribution is 2.40. The third-order valence-corrected chi connectivity index (χ3v) is 4.25. The number of esters is 1. The van der Waals surface area contributed by atoms with Crippen molar-refractivity contribution in [3.63, 3.8) is 0 Å². The van der Waals surface area contributed by atoms with Crippen molar-refractivity contribution in [2.24, 2.45) is 0 Å².